The lowest BCUT2D eigenvalue weighted by Gasteiger charge is -2.38. The Kier molecular flexibility index (Phi) is 6.15. The lowest BCUT2D eigenvalue weighted by molar-refractivity contribution is 0.209. The van der Waals surface area contributed by atoms with E-state index in [1.807, 2.05) is 19.1 Å². The molecule has 0 spiro atoms. The van der Waals surface area contributed by atoms with Gasteiger partial charge < -0.3 is 9.88 Å². The number of sulfone groups is 1. The maximum Gasteiger partial charge on any atom is 0.175 e. The van der Waals surface area contributed by atoms with Crippen LogP contribution in [0, 0.1) is 6.92 Å². The Morgan fingerprint density at radius 3 is 2.29 bits per heavy atom. The number of hydrogen-bond donors (Lipinski definition) is 1. The lowest BCUT2D eigenvalue weighted by atomic mass is 10.1. The van der Waals surface area contributed by atoms with Crippen LogP contribution < -0.4 is 4.90 Å². The summed E-state index contributed by atoms with van der Waals surface area (Å²) in [6.07, 6.45) is 1.23. The van der Waals surface area contributed by atoms with Gasteiger partial charge in [0.2, 0.25) is 0 Å². The minimum Gasteiger partial charge on any atom is -0.369 e. The lowest BCUT2D eigenvalue weighted by Crippen LogP contribution is -2.48. The number of hydrogen-bond acceptors (Lipinski definition) is 5. The van der Waals surface area contributed by atoms with Gasteiger partial charge >= 0.3 is 0 Å². The van der Waals surface area contributed by atoms with Crippen molar-refractivity contribution in [3.05, 3.63) is 66.4 Å². The van der Waals surface area contributed by atoms with Crippen molar-refractivity contribution in [2.45, 2.75) is 31.7 Å². The van der Waals surface area contributed by atoms with E-state index in [1.165, 1.54) is 11.9 Å². The second-order valence-electron chi connectivity index (χ2n) is 9.70. The minimum atomic E-state index is -3.26. The molecule has 2 aromatic carbocycles. The smallest absolute Gasteiger partial charge is 0.175 e. The van der Waals surface area contributed by atoms with Crippen LogP contribution in [0.25, 0.3) is 33.4 Å². The van der Waals surface area contributed by atoms with Gasteiger partial charge in [-0.3, -0.25) is 9.88 Å². The molecular weight excluding hydrogens is 456 g/mol. The van der Waals surface area contributed by atoms with Crippen LogP contribution in [0.5, 0.6) is 0 Å². The second kappa shape index (κ2) is 9.13. The number of pyridine rings is 1. The van der Waals surface area contributed by atoms with Crippen LogP contribution in [0.1, 0.15) is 19.5 Å². The Hall–Kier alpha value is -3.16. The molecule has 35 heavy (non-hydrogen) atoms. The number of H-pyrrole nitrogens is 1. The molecule has 0 atom stereocenters. The molecule has 2 aromatic heterocycles. The zero-order valence-corrected chi connectivity index (χ0v) is 21.6. The molecule has 1 aliphatic heterocycles. The van der Waals surface area contributed by atoms with Gasteiger partial charge in [-0.05, 0) is 62.7 Å². The van der Waals surface area contributed by atoms with Gasteiger partial charge in [0.25, 0.3) is 0 Å². The molecule has 5 rings (SSSR count). The summed E-state index contributed by atoms with van der Waals surface area (Å²) in [5, 5.41) is 1.04. The molecule has 0 amide bonds. The van der Waals surface area contributed by atoms with Crippen molar-refractivity contribution >= 4 is 26.4 Å². The third-order valence-corrected chi connectivity index (χ3v) is 8.06. The molecular formula is C28H32N4O2S. The summed E-state index contributed by atoms with van der Waals surface area (Å²) in [7, 11) is -3.26. The number of rotatable bonds is 5. The van der Waals surface area contributed by atoms with E-state index in [0.29, 0.717) is 10.9 Å². The summed E-state index contributed by atoms with van der Waals surface area (Å²) >= 11 is 0. The Balaban J connectivity index is 1.41. The van der Waals surface area contributed by atoms with Crippen molar-refractivity contribution < 1.29 is 8.42 Å². The van der Waals surface area contributed by atoms with Crippen LogP contribution in [0.3, 0.4) is 0 Å². The third kappa shape index (κ3) is 4.83. The van der Waals surface area contributed by atoms with E-state index in [0.717, 1.165) is 65.3 Å². The van der Waals surface area contributed by atoms with Crippen LogP contribution in [0.4, 0.5) is 5.69 Å². The van der Waals surface area contributed by atoms with Crippen molar-refractivity contribution in [3.8, 4) is 22.5 Å². The first-order valence-electron chi connectivity index (χ1n) is 12.1. The first-order valence-corrected chi connectivity index (χ1v) is 14.0. The summed E-state index contributed by atoms with van der Waals surface area (Å²) in [5.41, 5.74) is 6.90. The molecule has 3 heterocycles. The summed E-state index contributed by atoms with van der Waals surface area (Å²) < 4.78 is 24.0. The first kappa shape index (κ1) is 23.6. The summed E-state index contributed by atoms with van der Waals surface area (Å²) in [6, 6.07) is 20.4. The van der Waals surface area contributed by atoms with Crippen molar-refractivity contribution in [3.63, 3.8) is 0 Å². The van der Waals surface area contributed by atoms with Crippen LogP contribution in [-0.4, -0.2) is 61.8 Å². The van der Waals surface area contributed by atoms with E-state index < -0.39 is 9.84 Å². The standard InChI is InChI=1S/C28H32N4O2S/c1-19(2)31-12-14-32(15-13-31)23-10-8-21(9-11-23)27-18-28-25(20(3)29-27)17-26(30-28)22-6-5-7-24(16-22)35(4,33)34/h5-11,16-19,30H,12-15H2,1-4H3. The Morgan fingerprint density at radius 1 is 0.914 bits per heavy atom. The van der Waals surface area contributed by atoms with E-state index in [4.69, 9.17) is 4.98 Å². The molecule has 0 unspecified atom stereocenters. The number of nitrogens with zero attached hydrogens (tertiary/aromatic N) is 3. The Morgan fingerprint density at radius 2 is 1.63 bits per heavy atom. The van der Waals surface area contributed by atoms with Crippen LogP contribution in [0.2, 0.25) is 0 Å². The largest absolute Gasteiger partial charge is 0.369 e. The molecule has 1 fully saturated rings. The van der Waals surface area contributed by atoms with Gasteiger partial charge in [0.15, 0.2) is 9.84 Å². The average molecular weight is 489 g/mol. The highest BCUT2D eigenvalue weighted by Crippen LogP contribution is 2.31. The maximum absolute atomic E-state index is 12.0. The van der Waals surface area contributed by atoms with Crippen molar-refractivity contribution in [2.75, 3.05) is 37.3 Å². The molecule has 1 saturated heterocycles. The molecule has 0 bridgehead atoms. The Labute approximate surface area is 207 Å². The topological polar surface area (TPSA) is 69.3 Å². The number of fused-ring (bicyclic) bond motifs is 1. The highest BCUT2D eigenvalue weighted by molar-refractivity contribution is 7.90. The normalized spacial score (nSPS) is 15.3. The predicted octanol–water partition coefficient (Wildman–Crippen LogP) is 5.14. The minimum absolute atomic E-state index is 0.315. The molecule has 6 nitrogen and oxygen atoms in total. The fraction of sp³-hybridized carbons (Fsp3) is 0.321. The van der Waals surface area contributed by atoms with Gasteiger partial charge in [0.1, 0.15) is 0 Å². The molecule has 0 radical (unpaired) electrons. The van der Waals surface area contributed by atoms with E-state index in [-0.39, 0.29) is 0 Å². The second-order valence-corrected chi connectivity index (χ2v) is 11.7. The Bertz CT molecular complexity index is 1460. The summed E-state index contributed by atoms with van der Waals surface area (Å²) in [5.74, 6) is 0. The molecule has 4 aromatic rings. The molecule has 1 N–H and O–H groups in total. The molecule has 7 heteroatoms. The summed E-state index contributed by atoms with van der Waals surface area (Å²) in [6.45, 7) is 10.8. The zero-order chi connectivity index (χ0) is 24.7. The average Bonchev–Trinajstić information content (AvgIpc) is 3.29. The molecule has 0 aliphatic carbocycles. The number of aromatic amines is 1. The van der Waals surface area contributed by atoms with E-state index in [9.17, 15) is 8.42 Å². The number of nitrogens with one attached hydrogen (secondary N) is 1. The summed E-state index contributed by atoms with van der Waals surface area (Å²) in [4.78, 5) is 13.6. The van der Waals surface area contributed by atoms with Gasteiger partial charge in [0, 0.05) is 72.0 Å². The van der Waals surface area contributed by atoms with Crippen LogP contribution in [-0.2, 0) is 9.84 Å². The van der Waals surface area contributed by atoms with Crippen LogP contribution in [0.15, 0.2) is 65.6 Å². The predicted molar refractivity (Wildman–Crippen MR) is 144 cm³/mol. The highest BCUT2D eigenvalue weighted by Gasteiger charge is 2.19. The third-order valence-electron chi connectivity index (χ3n) is 6.95. The van der Waals surface area contributed by atoms with Gasteiger partial charge in [-0.25, -0.2) is 8.42 Å². The van der Waals surface area contributed by atoms with Crippen molar-refractivity contribution in [1.29, 1.82) is 0 Å². The maximum atomic E-state index is 12.0. The molecule has 0 saturated carbocycles. The van der Waals surface area contributed by atoms with Gasteiger partial charge in [-0.2, -0.15) is 0 Å². The van der Waals surface area contributed by atoms with Gasteiger partial charge in [-0.1, -0.05) is 24.3 Å². The van der Waals surface area contributed by atoms with E-state index in [2.05, 4.69) is 59.0 Å². The molecule has 1 aliphatic rings. The fourth-order valence-electron chi connectivity index (χ4n) is 4.83. The van der Waals surface area contributed by atoms with Gasteiger partial charge in [0.05, 0.1) is 10.6 Å². The number of piperazine rings is 1. The van der Waals surface area contributed by atoms with Crippen LogP contribution >= 0.6 is 0 Å². The quantitative estimate of drug-likeness (QED) is 0.421. The monoisotopic (exact) mass is 488 g/mol. The number of benzene rings is 2. The van der Waals surface area contributed by atoms with E-state index >= 15 is 0 Å². The first-order chi connectivity index (χ1) is 16.7. The fourth-order valence-corrected chi connectivity index (χ4v) is 5.50. The van der Waals surface area contributed by atoms with Gasteiger partial charge in [-0.15, -0.1) is 0 Å². The molecule has 182 valence electrons. The van der Waals surface area contributed by atoms with Crippen molar-refractivity contribution in [2.24, 2.45) is 0 Å². The number of anilines is 1. The van der Waals surface area contributed by atoms with Crippen molar-refractivity contribution in [1.82, 2.24) is 14.9 Å². The number of aromatic nitrogens is 2. The van der Waals surface area contributed by atoms with E-state index in [1.54, 1.807) is 18.2 Å². The highest BCUT2D eigenvalue weighted by atomic mass is 32.2. The number of aryl methyl sites for hydroxylation is 1. The SMILES string of the molecule is Cc1nc(-c2ccc(N3CCN(C(C)C)CC3)cc2)cc2[nH]c(-c3cccc(S(C)(=O)=O)c3)cc12. The zero-order valence-electron chi connectivity index (χ0n) is 20.7.